The van der Waals surface area contributed by atoms with Crippen molar-refractivity contribution in [2.45, 2.75) is 91.3 Å². The number of fused-ring (bicyclic) bond motifs is 2. The van der Waals surface area contributed by atoms with Crippen LogP contribution in [0, 0.1) is 0 Å². The lowest BCUT2D eigenvalue weighted by Crippen LogP contribution is -2.27. The number of hydrogen-bond acceptors (Lipinski definition) is 13. The number of thiazole rings is 2. The van der Waals surface area contributed by atoms with Gasteiger partial charge in [0, 0.05) is 87.6 Å². The third-order valence-corrected chi connectivity index (χ3v) is 14.5. The molecule has 5 heterocycles. The summed E-state index contributed by atoms with van der Waals surface area (Å²) in [6, 6.07) is 19.4. The Morgan fingerprint density at radius 3 is 1.58 bits per heavy atom. The van der Waals surface area contributed by atoms with Crippen LogP contribution in [0.25, 0.3) is 21.1 Å². The molecule has 4 aromatic heterocycles. The zero-order chi connectivity index (χ0) is 45.0. The topological polar surface area (TPSA) is 178 Å². The summed E-state index contributed by atoms with van der Waals surface area (Å²) in [5, 5.41) is 28.7. The van der Waals surface area contributed by atoms with Crippen LogP contribution in [0.3, 0.4) is 0 Å². The number of aryl methyl sites for hydroxylation is 1. The van der Waals surface area contributed by atoms with Gasteiger partial charge in [0.2, 0.25) is 11.8 Å². The molecule has 336 valence electrons. The summed E-state index contributed by atoms with van der Waals surface area (Å²) < 4.78 is 0. The first-order chi connectivity index (χ1) is 31.0. The van der Waals surface area contributed by atoms with Crippen LogP contribution in [-0.4, -0.2) is 65.3 Å². The van der Waals surface area contributed by atoms with E-state index >= 15 is 0 Å². The van der Waals surface area contributed by atoms with Crippen molar-refractivity contribution in [3.8, 4) is 21.1 Å². The molecule has 2 aliphatic rings. The average Bonchev–Trinajstić information content (AvgIpc) is 4.09. The number of hydrogen-bond donors (Lipinski definition) is 7. The molecule has 0 unspecified atom stereocenters. The normalized spacial score (nSPS) is 13.1. The molecular weight excluding hydrogens is 883 g/mol. The number of carbonyl (C=O) groups excluding carboxylic acids is 4. The highest BCUT2D eigenvalue weighted by molar-refractivity contribution is 7.19. The van der Waals surface area contributed by atoms with E-state index in [0.717, 1.165) is 81.3 Å². The molecule has 1 aliphatic heterocycles. The fourth-order valence-electron chi connectivity index (χ4n) is 7.28. The molecule has 0 fully saturated rings. The van der Waals surface area contributed by atoms with Gasteiger partial charge in [0.25, 0.3) is 11.8 Å². The minimum Gasteiger partial charge on any atom is -0.321 e. The highest BCUT2D eigenvalue weighted by Gasteiger charge is 2.27. The van der Waals surface area contributed by atoms with Gasteiger partial charge in [-0.15, -0.1) is 45.3 Å². The van der Waals surface area contributed by atoms with E-state index in [1.807, 2.05) is 60.7 Å². The number of carbonyl (C=O) groups is 4. The Bertz CT molecular complexity index is 2350. The Morgan fingerprint density at radius 1 is 0.609 bits per heavy atom. The lowest BCUT2D eigenvalue weighted by molar-refractivity contribution is -0.116. The number of rotatable bonds is 16. The fraction of sp³-hybridized carbons (Fsp3) is 0.362. The molecule has 0 radical (unpaired) electrons. The third-order valence-electron chi connectivity index (χ3n) is 10.4. The van der Waals surface area contributed by atoms with Gasteiger partial charge in [-0.1, -0.05) is 64.1 Å². The van der Waals surface area contributed by atoms with Gasteiger partial charge in [-0.2, -0.15) is 0 Å². The van der Waals surface area contributed by atoms with Crippen LogP contribution in [0.5, 0.6) is 0 Å². The van der Waals surface area contributed by atoms with Crippen LogP contribution in [0.2, 0.25) is 0 Å². The summed E-state index contributed by atoms with van der Waals surface area (Å²) in [6.07, 6.45) is 6.01. The first-order valence-corrected chi connectivity index (χ1v) is 25.1. The summed E-state index contributed by atoms with van der Waals surface area (Å²) >= 11 is 6.14. The molecule has 6 aromatic rings. The van der Waals surface area contributed by atoms with E-state index < -0.39 is 0 Å². The van der Waals surface area contributed by atoms with Gasteiger partial charge in [0.1, 0.15) is 31.4 Å². The molecule has 7 N–H and O–H groups in total. The van der Waals surface area contributed by atoms with Crippen LogP contribution >= 0.6 is 45.3 Å². The molecular formula is C47H55N9O4S4. The monoisotopic (exact) mass is 937 g/mol. The quantitative estimate of drug-likeness (QED) is 0.0498. The van der Waals surface area contributed by atoms with E-state index in [4.69, 9.17) is 0 Å². The summed E-state index contributed by atoms with van der Waals surface area (Å²) in [5.74, 6) is -0.496. The summed E-state index contributed by atoms with van der Waals surface area (Å²) in [6.45, 7) is 11.2. The average molecular weight is 938 g/mol. The van der Waals surface area contributed by atoms with Crippen LogP contribution < -0.4 is 37.2 Å². The number of amides is 4. The zero-order valence-corrected chi connectivity index (χ0v) is 39.8. The number of nitrogens with one attached hydrogen (secondary N) is 7. The van der Waals surface area contributed by atoms with Crippen molar-refractivity contribution in [3.63, 3.8) is 0 Å². The van der Waals surface area contributed by atoms with E-state index in [2.05, 4.69) is 74.9 Å². The number of benzene rings is 2. The van der Waals surface area contributed by atoms with Crippen molar-refractivity contribution in [1.29, 1.82) is 0 Å². The highest BCUT2D eigenvalue weighted by atomic mass is 32.1. The van der Waals surface area contributed by atoms with Crippen molar-refractivity contribution >= 4 is 90.4 Å². The fourth-order valence-corrected chi connectivity index (χ4v) is 11.7. The van der Waals surface area contributed by atoms with E-state index in [-0.39, 0.29) is 23.6 Å². The largest absolute Gasteiger partial charge is 0.321 e. The second kappa shape index (κ2) is 22.7. The second-order valence-corrected chi connectivity index (χ2v) is 20.0. The predicted octanol–water partition coefficient (Wildman–Crippen LogP) is 9.43. The highest BCUT2D eigenvalue weighted by Crippen LogP contribution is 2.46. The van der Waals surface area contributed by atoms with Crippen LogP contribution in [0.1, 0.15) is 95.2 Å². The molecule has 0 atom stereocenters. The first-order valence-electron chi connectivity index (χ1n) is 21.7. The molecule has 0 bridgehead atoms. The molecule has 8 rings (SSSR count). The third kappa shape index (κ3) is 12.6. The predicted molar refractivity (Wildman–Crippen MR) is 264 cm³/mol. The molecule has 0 saturated carbocycles. The molecule has 0 saturated heterocycles. The first kappa shape index (κ1) is 46.8. The number of anilines is 4. The van der Waals surface area contributed by atoms with Crippen molar-refractivity contribution in [2.24, 2.45) is 0 Å². The molecule has 2 aromatic carbocycles. The number of para-hydroxylation sites is 2. The molecule has 13 nitrogen and oxygen atoms in total. The number of aromatic nitrogens is 2. The Labute approximate surface area is 390 Å². The Balaban J connectivity index is 0.000000191. The van der Waals surface area contributed by atoms with E-state index in [0.29, 0.717) is 49.4 Å². The Morgan fingerprint density at radius 2 is 1.08 bits per heavy atom. The SMILES string of the molecule is CC(C)NCCC(=O)Nc1sc2c(c1-c1nc(C(=O)Nc3ccccc3)cs1)CCCC2.CC(C)NCCC(=O)Nc1sc2c(c1-c1nc(C(=O)Nc3ccccc3)cs1)CCNC2. The van der Waals surface area contributed by atoms with Crippen molar-refractivity contribution in [3.05, 3.63) is 104 Å². The van der Waals surface area contributed by atoms with Gasteiger partial charge in [-0.25, -0.2) is 9.97 Å². The van der Waals surface area contributed by atoms with Gasteiger partial charge in [0.05, 0.1) is 0 Å². The number of thiophene rings is 2. The van der Waals surface area contributed by atoms with Gasteiger partial charge in [-0.3, -0.25) is 19.2 Å². The lowest BCUT2D eigenvalue weighted by Gasteiger charge is -2.13. The van der Waals surface area contributed by atoms with Gasteiger partial charge in [0.15, 0.2) is 0 Å². The van der Waals surface area contributed by atoms with Gasteiger partial charge in [-0.05, 0) is 74.0 Å². The van der Waals surface area contributed by atoms with Crippen LogP contribution in [0.15, 0.2) is 71.4 Å². The maximum absolute atomic E-state index is 12.7. The summed E-state index contributed by atoms with van der Waals surface area (Å²) in [5.41, 5.74) is 6.69. The molecule has 64 heavy (non-hydrogen) atoms. The zero-order valence-electron chi connectivity index (χ0n) is 36.5. The van der Waals surface area contributed by atoms with Crippen molar-refractivity contribution < 1.29 is 19.2 Å². The maximum Gasteiger partial charge on any atom is 0.275 e. The Kier molecular flexibility index (Phi) is 16.6. The van der Waals surface area contributed by atoms with Crippen molar-refractivity contribution in [1.82, 2.24) is 25.9 Å². The summed E-state index contributed by atoms with van der Waals surface area (Å²) in [7, 11) is 0. The van der Waals surface area contributed by atoms with Crippen LogP contribution in [0.4, 0.5) is 21.4 Å². The van der Waals surface area contributed by atoms with E-state index in [9.17, 15) is 19.2 Å². The minimum absolute atomic E-state index is 0.00315. The molecule has 1 aliphatic carbocycles. The van der Waals surface area contributed by atoms with E-state index in [1.165, 1.54) is 50.0 Å². The maximum atomic E-state index is 12.7. The minimum atomic E-state index is -0.241. The molecule has 17 heteroatoms. The molecule has 4 amide bonds. The smallest absolute Gasteiger partial charge is 0.275 e. The lowest BCUT2D eigenvalue weighted by atomic mass is 9.95. The number of nitrogens with zero attached hydrogens (tertiary/aromatic N) is 2. The standard InChI is InChI=1S/C24H28N4O2S2.C23H27N5O2S2/c1-15(2)25-13-12-20(29)28-24-21(17-10-6-7-11-19(17)32-24)23-27-18(14-31-23)22(30)26-16-8-4-3-5-9-16;1-14(2)25-11-9-19(29)28-23-20(16-8-10-24-12-18(16)32-23)22-27-17(13-31-22)21(30)26-15-6-4-3-5-7-15/h3-5,8-9,14-15,25H,6-7,10-13H2,1-2H3,(H,26,30)(H,28,29);3-7,13-14,24-25H,8-12H2,1-2H3,(H,26,30)(H,28,29). The van der Waals surface area contributed by atoms with Crippen LogP contribution in [-0.2, 0) is 35.4 Å². The van der Waals surface area contributed by atoms with Crippen molar-refractivity contribution in [2.75, 3.05) is 40.9 Å². The second-order valence-electron chi connectivity index (χ2n) is 16.1. The summed E-state index contributed by atoms with van der Waals surface area (Å²) in [4.78, 5) is 62.3. The van der Waals surface area contributed by atoms with Gasteiger partial charge < -0.3 is 37.2 Å². The molecule has 0 spiro atoms. The van der Waals surface area contributed by atoms with E-state index in [1.54, 1.807) is 33.4 Å². The Hall–Kier alpha value is -5.14. The van der Waals surface area contributed by atoms with Gasteiger partial charge >= 0.3 is 0 Å².